The summed E-state index contributed by atoms with van der Waals surface area (Å²) < 4.78 is 0. The number of aromatic hydroxyl groups is 1. The highest BCUT2D eigenvalue weighted by Crippen LogP contribution is 2.56. The quantitative estimate of drug-likeness (QED) is 0.177. The second-order valence-electron chi connectivity index (χ2n) is 11.5. The van der Waals surface area contributed by atoms with Crippen LogP contribution in [-0.2, 0) is 19.2 Å². The van der Waals surface area contributed by atoms with Crippen molar-refractivity contribution in [3.63, 3.8) is 0 Å². The van der Waals surface area contributed by atoms with Crippen molar-refractivity contribution < 1.29 is 44.7 Å². The Balaban J connectivity index is 1.64. The van der Waals surface area contributed by atoms with Gasteiger partial charge in [-0.05, 0) is 57.6 Å². The number of carbonyl (C=O) groups is 4. The van der Waals surface area contributed by atoms with Gasteiger partial charge in [0.05, 0.1) is 35.9 Å². The van der Waals surface area contributed by atoms with Crippen LogP contribution in [-0.4, -0.2) is 110 Å². The van der Waals surface area contributed by atoms with Crippen molar-refractivity contribution in [3.8, 4) is 5.75 Å². The van der Waals surface area contributed by atoms with Gasteiger partial charge in [0.1, 0.15) is 22.8 Å². The van der Waals surface area contributed by atoms with Crippen LogP contribution in [0.25, 0.3) is 5.76 Å². The molecule has 220 valence electrons. The highest BCUT2D eigenvalue weighted by molar-refractivity contribution is 6.24. The summed E-state index contributed by atoms with van der Waals surface area (Å²) in [4.78, 5) is 55.3. The fraction of sp³-hybridized carbons (Fsp3) is 0.500. The number of benzene rings is 1. The molecule has 41 heavy (non-hydrogen) atoms. The SMILES string of the molecule is C[C@H]1c2ccc(NC(=O)CN3CCCC3)c(O)c2C(O)=C2C(=O)[C@]3(O)C(O)=C(C(N)=O)C(=O)[C@@H](N(C)C)C3C(O)C21. The standard InChI is InChI=1S/C28H34N4O9/c1-11-12-6-7-13(30-14(33)10-32-8-4-5-9-32)21(34)16(12)22(35)17-15(11)23(36)19-20(31(2)3)24(37)18(27(29)40)26(39)28(19,41)25(17)38/h6-7,11,15,19-20,23,34-36,39,41H,4-5,8-10H2,1-3H3,(H2,29,40)(H,30,33)/t11-,15?,19?,20-,23?,28-/m0/s1. The summed E-state index contributed by atoms with van der Waals surface area (Å²) in [6.07, 6.45) is 0.299. The predicted molar refractivity (Wildman–Crippen MR) is 145 cm³/mol. The number of phenolic OH excluding ortho intramolecular Hbond substituents is 1. The number of primary amides is 1. The number of anilines is 1. The number of likely N-dealkylation sites (N-methyl/N-ethyl adjacent to an activating group) is 1. The molecule has 3 unspecified atom stereocenters. The number of phenols is 1. The molecule has 2 fully saturated rings. The average molecular weight is 571 g/mol. The Morgan fingerprint density at radius 3 is 2.37 bits per heavy atom. The van der Waals surface area contributed by atoms with E-state index in [9.17, 15) is 44.7 Å². The molecule has 1 aromatic rings. The van der Waals surface area contributed by atoms with Gasteiger partial charge >= 0.3 is 0 Å². The number of Topliss-reactive ketones (excluding diaryl/α,β-unsaturated/α-hetero) is 2. The zero-order valence-electron chi connectivity index (χ0n) is 22.9. The zero-order chi connectivity index (χ0) is 30.1. The third-order valence-electron chi connectivity index (χ3n) is 8.97. The van der Waals surface area contributed by atoms with Crippen LogP contribution in [0.1, 0.15) is 36.8 Å². The van der Waals surface area contributed by atoms with E-state index in [0.717, 1.165) is 25.9 Å². The molecule has 8 N–H and O–H groups in total. The first-order valence-corrected chi connectivity index (χ1v) is 13.4. The Morgan fingerprint density at radius 2 is 1.78 bits per heavy atom. The van der Waals surface area contributed by atoms with E-state index in [4.69, 9.17) is 5.73 Å². The van der Waals surface area contributed by atoms with E-state index in [1.165, 1.54) is 25.1 Å². The molecule has 1 aliphatic heterocycles. The number of hydrogen-bond donors (Lipinski definition) is 7. The van der Waals surface area contributed by atoms with Crippen molar-refractivity contribution in [2.75, 3.05) is 39.0 Å². The minimum atomic E-state index is -2.99. The second kappa shape index (κ2) is 9.94. The number of carbonyl (C=O) groups excluding carboxylic acids is 4. The number of nitrogens with one attached hydrogen (secondary N) is 1. The molecular weight excluding hydrogens is 536 g/mol. The fourth-order valence-electron chi connectivity index (χ4n) is 7.05. The Labute approximate surface area is 235 Å². The van der Waals surface area contributed by atoms with Crippen molar-refractivity contribution in [2.24, 2.45) is 17.6 Å². The van der Waals surface area contributed by atoms with Crippen molar-refractivity contribution in [2.45, 2.75) is 43.4 Å². The lowest BCUT2D eigenvalue weighted by atomic mass is 9.54. The summed E-state index contributed by atoms with van der Waals surface area (Å²) in [6, 6.07) is 1.59. The molecule has 0 aromatic heterocycles. The summed E-state index contributed by atoms with van der Waals surface area (Å²) in [7, 11) is 2.89. The number of ketones is 2. The first-order chi connectivity index (χ1) is 19.2. The van der Waals surface area contributed by atoms with Crippen LogP contribution in [0.4, 0.5) is 5.69 Å². The Kier molecular flexibility index (Phi) is 6.97. The van der Waals surface area contributed by atoms with Gasteiger partial charge in [-0.3, -0.25) is 29.0 Å². The third kappa shape index (κ3) is 4.06. The van der Waals surface area contributed by atoms with Crippen LogP contribution in [0.2, 0.25) is 0 Å². The first kappa shape index (κ1) is 28.7. The van der Waals surface area contributed by atoms with Crippen molar-refractivity contribution in [1.29, 1.82) is 0 Å². The lowest BCUT2D eigenvalue weighted by Gasteiger charge is -2.53. The number of aliphatic hydroxyl groups is 4. The molecule has 1 saturated carbocycles. The number of aliphatic hydroxyl groups excluding tert-OH is 3. The Morgan fingerprint density at radius 1 is 1.15 bits per heavy atom. The first-order valence-electron chi connectivity index (χ1n) is 13.4. The number of fused-ring (bicyclic) bond motifs is 3. The average Bonchev–Trinajstić information content (AvgIpc) is 3.40. The summed E-state index contributed by atoms with van der Waals surface area (Å²) in [5.74, 6) is -10.1. The number of nitrogens with two attached hydrogens (primary N) is 1. The minimum Gasteiger partial charge on any atom is -0.508 e. The van der Waals surface area contributed by atoms with Crippen molar-refractivity contribution in [3.05, 3.63) is 40.2 Å². The van der Waals surface area contributed by atoms with Crippen LogP contribution in [0, 0.1) is 11.8 Å². The fourth-order valence-corrected chi connectivity index (χ4v) is 7.05. The van der Waals surface area contributed by atoms with Crippen molar-refractivity contribution in [1.82, 2.24) is 9.80 Å². The van der Waals surface area contributed by atoms with Gasteiger partial charge in [-0.15, -0.1) is 0 Å². The van der Waals surface area contributed by atoms with Gasteiger partial charge in [0, 0.05) is 11.5 Å². The molecule has 13 nitrogen and oxygen atoms in total. The van der Waals surface area contributed by atoms with E-state index < -0.39 is 81.4 Å². The molecule has 5 rings (SSSR count). The Bertz CT molecular complexity index is 1430. The second-order valence-corrected chi connectivity index (χ2v) is 11.5. The monoisotopic (exact) mass is 570 g/mol. The lowest BCUT2D eigenvalue weighted by molar-refractivity contribution is -0.169. The van der Waals surface area contributed by atoms with Gasteiger partial charge in [0.15, 0.2) is 11.4 Å². The van der Waals surface area contributed by atoms with Crippen LogP contribution < -0.4 is 11.1 Å². The maximum absolute atomic E-state index is 14.0. The number of nitrogens with zero attached hydrogens (tertiary/aromatic N) is 2. The van der Waals surface area contributed by atoms with E-state index in [-0.39, 0.29) is 23.7 Å². The van der Waals surface area contributed by atoms with Gasteiger partial charge in [0.2, 0.25) is 11.7 Å². The molecule has 2 amide bonds. The van der Waals surface area contributed by atoms with E-state index in [1.807, 2.05) is 4.90 Å². The topological polar surface area (TPSA) is 214 Å². The highest BCUT2D eigenvalue weighted by Gasteiger charge is 2.68. The third-order valence-corrected chi connectivity index (χ3v) is 8.97. The summed E-state index contributed by atoms with van der Waals surface area (Å²) >= 11 is 0. The van der Waals surface area contributed by atoms with E-state index in [2.05, 4.69) is 5.32 Å². The van der Waals surface area contributed by atoms with Gasteiger partial charge in [0.25, 0.3) is 5.91 Å². The molecule has 13 heteroatoms. The normalized spacial score (nSPS) is 31.7. The molecular formula is C28H34N4O9. The largest absolute Gasteiger partial charge is 0.508 e. The molecule has 0 spiro atoms. The highest BCUT2D eigenvalue weighted by atomic mass is 16.4. The van der Waals surface area contributed by atoms with Gasteiger partial charge in [-0.1, -0.05) is 13.0 Å². The Hall–Kier alpha value is -3.78. The smallest absolute Gasteiger partial charge is 0.255 e. The van der Waals surface area contributed by atoms with E-state index in [1.54, 1.807) is 13.0 Å². The maximum atomic E-state index is 14.0. The number of hydrogen-bond acceptors (Lipinski definition) is 11. The molecule has 1 saturated heterocycles. The molecule has 3 aliphatic carbocycles. The molecule has 6 atom stereocenters. The summed E-state index contributed by atoms with van der Waals surface area (Å²) in [6.45, 7) is 3.31. The molecule has 0 bridgehead atoms. The van der Waals surface area contributed by atoms with Gasteiger partial charge < -0.3 is 36.6 Å². The predicted octanol–water partition coefficient (Wildman–Crippen LogP) is -0.470. The van der Waals surface area contributed by atoms with Crippen molar-refractivity contribution >= 4 is 34.8 Å². The van der Waals surface area contributed by atoms with Gasteiger partial charge in [-0.25, -0.2) is 0 Å². The maximum Gasteiger partial charge on any atom is 0.255 e. The number of rotatable bonds is 5. The zero-order valence-corrected chi connectivity index (χ0v) is 22.9. The number of amides is 2. The van der Waals surface area contributed by atoms with Crippen LogP contribution in [0.5, 0.6) is 5.75 Å². The van der Waals surface area contributed by atoms with Crippen LogP contribution in [0.3, 0.4) is 0 Å². The number of likely N-dealkylation sites (tertiary alicyclic amines) is 1. The lowest BCUT2D eigenvalue weighted by Crippen LogP contribution is -2.70. The molecule has 4 aliphatic rings. The van der Waals surface area contributed by atoms with Gasteiger partial charge in [-0.2, -0.15) is 0 Å². The van der Waals surface area contributed by atoms with Crippen LogP contribution >= 0.6 is 0 Å². The summed E-state index contributed by atoms with van der Waals surface area (Å²) in [5, 5.41) is 59.5. The molecule has 1 aromatic carbocycles. The minimum absolute atomic E-state index is 0.0131. The van der Waals surface area contributed by atoms with Crippen LogP contribution in [0.15, 0.2) is 29.0 Å². The molecule has 1 heterocycles. The molecule has 0 radical (unpaired) electrons. The van der Waals surface area contributed by atoms with E-state index in [0.29, 0.717) is 5.56 Å². The van der Waals surface area contributed by atoms with E-state index >= 15 is 0 Å². The summed E-state index contributed by atoms with van der Waals surface area (Å²) in [5.41, 5.74) is 1.04.